The van der Waals surface area contributed by atoms with Crippen molar-refractivity contribution in [1.82, 2.24) is 0 Å². The maximum atomic E-state index is 12.6. The molecule has 28 heavy (non-hydrogen) atoms. The first-order chi connectivity index (χ1) is 13.3. The molecular formula is C21H19ClN2O3S. The number of nitrogens with one attached hydrogen (secondary N) is 1. The molecule has 0 aliphatic heterocycles. The summed E-state index contributed by atoms with van der Waals surface area (Å²) in [7, 11) is -2.05. The predicted molar refractivity (Wildman–Crippen MR) is 115 cm³/mol. The Bertz CT molecular complexity index is 1100. The number of hydrogen-bond acceptors (Lipinski definition) is 3. The normalized spacial score (nSPS) is 11.1. The lowest BCUT2D eigenvalue weighted by atomic mass is 10.0. The third-order valence-corrected chi connectivity index (χ3v) is 5.74. The van der Waals surface area contributed by atoms with Crippen molar-refractivity contribution in [2.24, 2.45) is 0 Å². The van der Waals surface area contributed by atoms with Gasteiger partial charge in [-0.15, -0.1) is 0 Å². The molecule has 0 radical (unpaired) electrons. The highest BCUT2D eigenvalue weighted by molar-refractivity contribution is 7.92. The molecular weight excluding hydrogens is 396 g/mol. The third kappa shape index (κ3) is 4.52. The minimum atomic E-state index is -3.50. The van der Waals surface area contributed by atoms with Gasteiger partial charge in [-0.05, 0) is 47.5 Å². The van der Waals surface area contributed by atoms with Crippen LogP contribution in [0.4, 0.5) is 11.4 Å². The average molecular weight is 415 g/mol. The van der Waals surface area contributed by atoms with Crippen LogP contribution in [0.1, 0.15) is 10.4 Å². The maximum Gasteiger partial charge on any atom is 0.255 e. The monoisotopic (exact) mass is 414 g/mol. The molecule has 0 aliphatic carbocycles. The van der Waals surface area contributed by atoms with Crippen LogP contribution in [-0.4, -0.2) is 27.6 Å². The Hall–Kier alpha value is -2.83. The molecule has 0 aliphatic rings. The largest absolute Gasteiger partial charge is 0.320 e. The second-order valence-electron chi connectivity index (χ2n) is 6.29. The van der Waals surface area contributed by atoms with E-state index < -0.39 is 10.0 Å². The minimum absolute atomic E-state index is 0.322. The van der Waals surface area contributed by atoms with Crippen molar-refractivity contribution in [3.8, 4) is 11.1 Å². The highest BCUT2D eigenvalue weighted by Gasteiger charge is 2.18. The van der Waals surface area contributed by atoms with Gasteiger partial charge in [0.25, 0.3) is 5.91 Å². The molecule has 0 fully saturated rings. The van der Waals surface area contributed by atoms with Gasteiger partial charge in [-0.2, -0.15) is 0 Å². The zero-order chi connectivity index (χ0) is 20.3. The number of rotatable bonds is 5. The summed E-state index contributed by atoms with van der Waals surface area (Å²) in [5.41, 5.74) is 2.98. The summed E-state index contributed by atoms with van der Waals surface area (Å²) in [4.78, 5) is 12.6. The third-order valence-electron chi connectivity index (χ3n) is 4.30. The van der Waals surface area contributed by atoms with Crippen LogP contribution < -0.4 is 9.62 Å². The molecule has 0 saturated heterocycles. The number of benzene rings is 3. The van der Waals surface area contributed by atoms with Crippen LogP contribution in [0, 0.1) is 0 Å². The molecule has 1 amide bonds. The van der Waals surface area contributed by atoms with Crippen molar-refractivity contribution in [1.29, 1.82) is 0 Å². The van der Waals surface area contributed by atoms with E-state index in [0.29, 0.717) is 22.0 Å². The SMILES string of the molecule is CN(c1ccc(-c2ccc(Cl)cc2)cc1NC(=O)c1ccccc1)S(C)(=O)=O. The first-order valence-corrected chi connectivity index (χ1v) is 10.7. The molecule has 0 unspecified atom stereocenters. The number of amides is 1. The molecule has 1 N–H and O–H groups in total. The zero-order valence-corrected chi connectivity index (χ0v) is 17.0. The van der Waals surface area contributed by atoms with E-state index in [1.54, 1.807) is 54.6 Å². The van der Waals surface area contributed by atoms with E-state index in [1.165, 1.54) is 7.05 Å². The van der Waals surface area contributed by atoms with Crippen molar-refractivity contribution in [2.45, 2.75) is 0 Å². The summed E-state index contributed by atoms with van der Waals surface area (Å²) >= 11 is 5.95. The smallest absolute Gasteiger partial charge is 0.255 e. The topological polar surface area (TPSA) is 66.5 Å². The van der Waals surface area contributed by atoms with E-state index >= 15 is 0 Å². The highest BCUT2D eigenvalue weighted by atomic mass is 35.5. The van der Waals surface area contributed by atoms with Crippen molar-refractivity contribution >= 4 is 38.9 Å². The van der Waals surface area contributed by atoms with E-state index in [9.17, 15) is 13.2 Å². The summed E-state index contributed by atoms with van der Waals surface area (Å²) in [6, 6.07) is 21.2. The van der Waals surface area contributed by atoms with Gasteiger partial charge < -0.3 is 5.32 Å². The van der Waals surface area contributed by atoms with Crippen LogP contribution >= 0.6 is 11.6 Å². The standard InChI is InChI=1S/C21H19ClN2O3S/c1-24(28(2,26)27)20-13-10-17(15-8-11-18(22)12-9-15)14-19(20)23-21(25)16-6-4-3-5-7-16/h3-14H,1-2H3,(H,23,25). The van der Waals surface area contributed by atoms with Crippen LogP contribution in [0.2, 0.25) is 5.02 Å². The summed E-state index contributed by atoms with van der Waals surface area (Å²) in [5.74, 6) is -0.322. The van der Waals surface area contributed by atoms with E-state index in [0.717, 1.165) is 21.7 Å². The molecule has 0 bridgehead atoms. The zero-order valence-electron chi connectivity index (χ0n) is 15.4. The van der Waals surface area contributed by atoms with Crippen molar-refractivity contribution in [2.75, 3.05) is 22.9 Å². The Morgan fingerprint density at radius 2 is 1.54 bits per heavy atom. The van der Waals surface area contributed by atoms with Gasteiger partial charge in [0.05, 0.1) is 17.6 Å². The summed E-state index contributed by atoms with van der Waals surface area (Å²) in [6.45, 7) is 0. The Morgan fingerprint density at radius 3 is 2.14 bits per heavy atom. The van der Waals surface area contributed by atoms with Crippen molar-refractivity contribution in [3.05, 3.63) is 83.4 Å². The molecule has 0 heterocycles. The quantitative estimate of drug-likeness (QED) is 0.660. The van der Waals surface area contributed by atoms with Gasteiger partial charge in [0.15, 0.2) is 0 Å². The fourth-order valence-electron chi connectivity index (χ4n) is 2.70. The van der Waals surface area contributed by atoms with Crippen LogP contribution in [-0.2, 0) is 10.0 Å². The highest BCUT2D eigenvalue weighted by Crippen LogP contribution is 2.33. The summed E-state index contributed by atoms with van der Waals surface area (Å²) in [6.07, 6.45) is 1.11. The maximum absolute atomic E-state index is 12.6. The van der Waals surface area contributed by atoms with Gasteiger partial charge in [0, 0.05) is 17.6 Å². The van der Waals surface area contributed by atoms with Crippen LogP contribution in [0.25, 0.3) is 11.1 Å². The van der Waals surface area contributed by atoms with Crippen molar-refractivity contribution < 1.29 is 13.2 Å². The van der Waals surface area contributed by atoms with E-state index in [1.807, 2.05) is 18.2 Å². The van der Waals surface area contributed by atoms with Gasteiger partial charge in [-0.1, -0.05) is 48.0 Å². The number of anilines is 2. The van der Waals surface area contributed by atoms with Gasteiger partial charge in [0.2, 0.25) is 10.0 Å². The Labute approximate surface area is 169 Å². The number of carbonyl (C=O) groups excluding carboxylic acids is 1. The molecule has 0 saturated carbocycles. The van der Waals surface area contributed by atoms with Gasteiger partial charge >= 0.3 is 0 Å². The van der Waals surface area contributed by atoms with Gasteiger partial charge in [0.1, 0.15) is 0 Å². The molecule has 3 aromatic carbocycles. The lowest BCUT2D eigenvalue weighted by Gasteiger charge is -2.21. The fraction of sp³-hybridized carbons (Fsp3) is 0.0952. The van der Waals surface area contributed by atoms with Gasteiger partial charge in [-0.25, -0.2) is 8.42 Å². The Kier molecular flexibility index (Phi) is 5.72. The number of sulfonamides is 1. The molecule has 3 aromatic rings. The first kappa shape index (κ1) is 19.9. The molecule has 3 rings (SSSR count). The average Bonchev–Trinajstić information content (AvgIpc) is 2.68. The van der Waals surface area contributed by atoms with E-state index in [-0.39, 0.29) is 5.91 Å². The summed E-state index contributed by atoms with van der Waals surface area (Å²) < 4.78 is 25.2. The molecule has 5 nitrogen and oxygen atoms in total. The Morgan fingerprint density at radius 1 is 0.929 bits per heavy atom. The minimum Gasteiger partial charge on any atom is -0.320 e. The first-order valence-electron chi connectivity index (χ1n) is 8.46. The van der Waals surface area contributed by atoms with E-state index in [2.05, 4.69) is 5.32 Å². The number of hydrogen-bond donors (Lipinski definition) is 1. The number of nitrogens with zero attached hydrogens (tertiary/aromatic N) is 1. The van der Waals surface area contributed by atoms with Crippen LogP contribution in [0.5, 0.6) is 0 Å². The molecule has 7 heteroatoms. The molecule has 144 valence electrons. The molecule has 0 aromatic heterocycles. The predicted octanol–water partition coefficient (Wildman–Crippen LogP) is 4.66. The molecule has 0 spiro atoms. The lowest BCUT2D eigenvalue weighted by Crippen LogP contribution is -2.26. The second-order valence-corrected chi connectivity index (χ2v) is 8.74. The van der Waals surface area contributed by atoms with Crippen LogP contribution in [0.3, 0.4) is 0 Å². The lowest BCUT2D eigenvalue weighted by molar-refractivity contribution is 0.102. The number of carbonyl (C=O) groups is 1. The van der Waals surface area contributed by atoms with Crippen LogP contribution in [0.15, 0.2) is 72.8 Å². The molecule has 0 atom stereocenters. The van der Waals surface area contributed by atoms with E-state index in [4.69, 9.17) is 11.6 Å². The van der Waals surface area contributed by atoms with Crippen molar-refractivity contribution in [3.63, 3.8) is 0 Å². The number of halogens is 1. The fourth-order valence-corrected chi connectivity index (χ4v) is 3.34. The van der Waals surface area contributed by atoms with Gasteiger partial charge in [-0.3, -0.25) is 9.10 Å². The summed E-state index contributed by atoms with van der Waals surface area (Å²) in [5, 5.41) is 3.45. The Balaban J connectivity index is 2.05. The second kappa shape index (κ2) is 8.04.